The molecule has 4 heteroatoms. The largest absolute Gasteiger partial charge is 0.437 e. The Kier molecular flexibility index (Phi) is 5.21. The van der Waals surface area contributed by atoms with Crippen LogP contribution in [0.25, 0.3) is 0 Å². The van der Waals surface area contributed by atoms with Gasteiger partial charge in [-0.25, -0.2) is 4.98 Å². The van der Waals surface area contributed by atoms with Crippen LogP contribution in [-0.4, -0.2) is 11.0 Å². The monoisotopic (exact) mass is 304 g/mol. The molecule has 3 nitrogen and oxygen atoms in total. The van der Waals surface area contributed by atoms with E-state index in [9.17, 15) is 0 Å². The standard InChI is InChI=1S/C17H21ClN2O/c1-11(2)19-9-14-8-13(4)17(20-10-14)21-16-6-5-12(3)7-15(16)18/h5-8,10-11,19H,9H2,1-4H3. The van der Waals surface area contributed by atoms with E-state index in [1.807, 2.05) is 38.2 Å². The minimum absolute atomic E-state index is 0.451. The Morgan fingerprint density at radius 1 is 1.24 bits per heavy atom. The predicted molar refractivity (Wildman–Crippen MR) is 87.2 cm³/mol. The van der Waals surface area contributed by atoms with Gasteiger partial charge >= 0.3 is 0 Å². The third-order valence-electron chi connectivity index (χ3n) is 3.10. The SMILES string of the molecule is Cc1ccc(Oc2ncc(CNC(C)C)cc2C)c(Cl)c1. The normalized spacial score (nSPS) is 11.0. The summed E-state index contributed by atoms with van der Waals surface area (Å²) in [7, 11) is 0. The van der Waals surface area contributed by atoms with Gasteiger partial charge in [0.2, 0.25) is 5.88 Å². The van der Waals surface area contributed by atoms with Crippen LogP contribution in [-0.2, 0) is 6.54 Å². The Hall–Kier alpha value is -1.58. The number of nitrogens with zero attached hydrogens (tertiary/aromatic N) is 1. The van der Waals surface area contributed by atoms with Crippen molar-refractivity contribution in [1.29, 1.82) is 0 Å². The number of aromatic nitrogens is 1. The third kappa shape index (κ3) is 4.45. The highest BCUT2D eigenvalue weighted by Gasteiger charge is 2.08. The molecular formula is C17H21ClN2O. The molecule has 2 rings (SSSR count). The van der Waals surface area contributed by atoms with E-state index in [0.29, 0.717) is 22.7 Å². The van der Waals surface area contributed by atoms with Crippen LogP contribution in [0.4, 0.5) is 0 Å². The summed E-state index contributed by atoms with van der Waals surface area (Å²) in [5.41, 5.74) is 3.24. The highest BCUT2D eigenvalue weighted by atomic mass is 35.5. The molecule has 0 fully saturated rings. The van der Waals surface area contributed by atoms with E-state index in [2.05, 4.69) is 30.2 Å². The summed E-state index contributed by atoms with van der Waals surface area (Å²) in [6.45, 7) is 9.03. The summed E-state index contributed by atoms with van der Waals surface area (Å²) in [5.74, 6) is 1.22. The zero-order valence-electron chi connectivity index (χ0n) is 12.9. The first-order chi connectivity index (χ1) is 9.95. The molecule has 1 aromatic carbocycles. The van der Waals surface area contributed by atoms with Gasteiger partial charge in [0.25, 0.3) is 0 Å². The van der Waals surface area contributed by atoms with Gasteiger partial charge in [-0.3, -0.25) is 0 Å². The number of hydrogen-bond acceptors (Lipinski definition) is 3. The highest BCUT2D eigenvalue weighted by Crippen LogP contribution is 2.30. The van der Waals surface area contributed by atoms with E-state index in [1.54, 1.807) is 0 Å². The van der Waals surface area contributed by atoms with Gasteiger partial charge in [0.15, 0.2) is 0 Å². The second kappa shape index (κ2) is 6.92. The van der Waals surface area contributed by atoms with Gasteiger partial charge in [-0.2, -0.15) is 0 Å². The number of benzene rings is 1. The van der Waals surface area contributed by atoms with E-state index in [4.69, 9.17) is 16.3 Å². The summed E-state index contributed by atoms with van der Waals surface area (Å²) < 4.78 is 5.81. The van der Waals surface area contributed by atoms with Crippen molar-refractivity contribution in [3.8, 4) is 11.6 Å². The molecule has 0 aliphatic rings. The van der Waals surface area contributed by atoms with Crippen molar-refractivity contribution in [2.45, 2.75) is 40.3 Å². The van der Waals surface area contributed by atoms with Crippen LogP contribution in [0, 0.1) is 13.8 Å². The van der Waals surface area contributed by atoms with Crippen LogP contribution < -0.4 is 10.1 Å². The zero-order valence-corrected chi connectivity index (χ0v) is 13.7. The van der Waals surface area contributed by atoms with E-state index in [-0.39, 0.29) is 0 Å². The summed E-state index contributed by atoms with van der Waals surface area (Å²) in [5, 5.41) is 3.97. The fourth-order valence-electron chi connectivity index (χ4n) is 1.94. The average Bonchev–Trinajstić information content (AvgIpc) is 2.42. The molecule has 0 amide bonds. The number of hydrogen-bond donors (Lipinski definition) is 1. The molecule has 1 aromatic heterocycles. The molecule has 2 aromatic rings. The quantitative estimate of drug-likeness (QED) is 0.873. The zero-order chi connectivity index (χ0) is 15.4. The fraction of sp³-hybridized carbons (Fsp3) is 0.353. The van der Waals surface area contributed by atoms with Gasteiger partial charge in [0, 0.05) is 24.3 Å². The lowest BCUT2D eigenvalue weighted by atomic mass is 10.2. The van der Waals surface area contributed by atoms with Crippen molar-refractivity contribution in [3.63, 3.8) is 0 Å². The summed E-state index contributed by atoms with van der Waals surface area (Å²) in [4.78, 5) is 4.39. The molecule has 0 aliphatic carbocycles. The Morgan fingerprint density at radius 2 is 2.00 bits per heavy atom. The summed E-state index contributed by atoms with van der Waals surface area (Å²) in [6, 6.07) is 8.25. The number of ether oxygens (including phenoxy) is 1. The molecule has 0 atom stereocenters. The van der Waals surface area contributed by atoms with Crippen molar-refractivity contribution in [2.24, 2.45) is 0 Å². The first-order valence-electron chi connectivity index (χ1n) is 7.08. The summed E-state index contributed by atoms with van der Waals surface area (Å²) >= 11 is 6.18. The van der Waals surface area contributed by atoms with Gasteiger partial charge in [0.05, 0.1) is 5.02 Å². The summed E-state index contributed by atoms with van der Waals surface area (Å²) in [6.07, 6.45) is 1.83. The number of nitrogens with one attached hydrogen (secondary N) is 1. The van der Waals surface area contributed by atoms with Gasteiger partial charge in [-0.05, 0) is 43.2 Å². The molecule has 0 unspecified atom stereocenters. The average molecular weight is 305 g/mol. The van der Waals surface area contributed by atoms with Crippen molar-refractivity contribution in [2.75, 3.05) is 0 Å². The second-order valence-corrected chi connectivity index (χ2v) is 5.94. The first kappa shape index (κ1) is 15.8. The Bertz CT molecular complexity index is 626. The van der Waals surface area contributed by atoms with Crippen LogP contribution in [0.3, 0.4) is 0 Å². The van der Waals surface area contributed by atoms with Crippen LogP contribution >= 0.6 is 11.6 Å². The van der Waals surface area contributed by atoms with Gasteiger partial charge in [-0.15, -0.1) is 0 Å². The lowest BCUT2D eigenvalue weighted by Gasteiger charge is -2.12. The predicted octanol–water partition coefficient (Wildman–Crippen LogP) is 4.64. The van der Waals surface area contributed by atoms with Crippen LogP contribution in [0.2, 0.25) is 5.02 Å². The number of aryl methyl sites for hydroxylation is 2. The molecule has 1 N–H and O–H groups in total. The maximum absolute atomic E-state index is 6.18. The van der Waals surface area contributed by atoms with E-state index >= 15 is 0 Å². The minimum Gasteiger partial charge on any atom is -0.437 e. The number of halogens is 1. The number of pyridine rings is 1. The maximum atomic E-state index is 6.18. The Balaban J connectivity index is 2.13. The van der Waals surface area contributed by atoms with Crippen molar-refractivity contribution >= 4 is 11.6 Å². The molecule has 0 bridgehead atoms. The van der Waals surface area contributed by atoms with Gasteiger partial charge < -0.3 is 10.1 Å². The first-order valence-corrected chi connectivity index (χ1v) is 7.46. The molecule has 0 radical (unpaired) electrons. The van der Waals surface area contributed by atoms with E-state index < -0.39 is 0 Å². The molecule has 0 spiro atoms. The lowest BCUT2D eigenvalue weighted by molar-refractivity contribution is 0.458. The maximum Gasteiger partial charge on any atom is 0.222 e. The van der Waals surface area contributed by atoms with Crippen LogP contribution in [0.1, 0.15) is 30.5 Å². The molecule has 21 heavy (non-hydrogen) atoms. The molecule has 0 aliphatic heterocycles. The fourth-order valence-corrected chi connectivity index (χ4v) is 2.21. The van der Waals surface area contributed by atoms with E-state index in [0.717, 1.165) is 23.2 Å². The van der Waals surface area contributed by atoms with Crippen molar-refractivity contribution < 1.29 is 4.74 Å². The van der Waals surface area contributed by atoms with Gasteiger partial charge in [0.1, 0.15) is 5.75 Å². The molecule has 112 valence electrons. The Labute approximate surface area is 131 Å². The van der Waals surface area contributed by atoms with E-state index in [1.165, 1.54) is 0 Å². The molecular weight excluding hydrogens is 284 g/mol. The topological polar surface area (TPSA) is 34.1 Å². The third-order valence-corrected chi connectivity index (χ3v) is 3.39. The van der Waals surface area contributed by atoms with Gasteiger partial charge in [-0.1, -0.05) is 31.5 Å². The van der Waals surface area contributed by atoms with Crippen LogP contribution in [0.15, 0.2) is 30.5 Å². The van der Waals surface area contributed by atoms with Crippen molar-refractivity contribution in [1.82, 2.24) is 10.3 Å². The minimum atomic E-state index is 0.451. The highest BCUT2D eigenvalue weighted by molar-refractivity contribution is 6.32. The molecule has 1 heterocycles. The van der Waals surface area contributed by atoms with Crippen molar-refractivity contribution in [3.05, 3.63) is 52.2 Å². The number of rotatable bonds is 5. The molecule has 0 saturated heterocycles. The molecule has 0 saturated carbocycles. The Morgan fingerprint density at radius 3 is 2.62 bits per heavy atom. The lowest BCUT2D eigenvalue weighted by Crippen LogP contribution is -2.21. The van der Waals surface area contributed by atoms with Crippen LogP contribution in [0.5, 0.6) is 11.6 Å². The smallest absolute Gasteiger partial charge is 0.222 e. The second-order valence-electron chi connectivity index (χ2n) is 5.54.